The molecular formula is C58H108O6. The molecule has 6 nitrogen and oxygen atoms in total. The lowest BCUT2D eigenvalue weighted by molar-refractivity contribution is -0.167. The predicted molar refractivity (Wildman–Crippen MR) is 275 cm³/mol. The standard InChI is InChI=1S/C58H108O6/c1-4-7-10-13-16-19-21-23-25-27-29-31-32-34-36-39-42-45-48-51-57(60)63-54-55(53-62-56(59)50-47-44-41-38-18-15-12-9-6-3)64-58(61)52-49-46-43-40-37-35-33-30-28-26-24-22-20-17-14-11-8-5-2/h27,29,38,41,55H,4-26,28,30-37,39-40,42-54H2,1-3H3/b29-27-,41-38-. The average Bonchev–Trinajstić information content (AvgIpc) is 3.29. The van der Waals surface area contributed by atoms with Gasteiger partial charge in [0.1, 0.15) is 13.2 Å². The first-order valence-electron chi connectivity index (χ1n) is 28.3. The third-order valence-corrected chi connectivity index (χ3v) is 12.7. The van der Waals surface area contributed by atoms with E-state index >= 15 is 0 Å². The Bertz CT molecular complexity index is 1040. The number of hydrogen-bond donors (Lipinski definition) is 0. The summed E-state index contributed by atoms with van der Waals surface area (Å²) in [6.07, 6.45) is 61.9. The number of esters is 3. The van der Waals surface area contributed by atoms with Gasteiger partial charge in [-0.2, -0.15) is 0 Å². The van der Waals surface area contributed by atoms with Crippen LogP contribution in [0.1, 0.15) is 310 Å². The number of rotatable bonds is 52. The van der Waals surface area contributed by atoms with Gasteiger partial charge in [0.2, 0.25) is 0 Å². The summed E-state index contributed by atoms with van der Waals surface area (Å²) < 4.78 is 16.8. The topological polar surface area (TPSA) is 78.9 Å². The molecule has 0 fully saturated rings. The monoisotopic (exact) mass is 901 g/mol. The molecule has 0 aliphatic carbocycles. The smallest absolute Gasteiger partial charge is 0.306 e. The van der Waals surface area contributed by atoms with Crippen LogP contribution in [-0.4, -0.2) is 37.2 Å². The molecule has 0 heterocycles. The van der Waals surface area contributed by atoms with Crippen molar-refractivity contribution in [3.63, 3.8) is 0 Å². The summed E-state index contributed by atoms with van der Waals surface area (Å²) >= 11 is 0. The second-order valence-electron chi connectivity index (χ2n) is 19.2. The highest BCUT2D eigenvalue weighted by Gasteiger charge is 2.19. The van der Waals surface area contributed by atoms with E-state index in [2.05, 4.69) is 45.1 Å². The van der Waals surface area contributed by atoms with Crippen LogP contribution in [0, 0.1) is 0 Å². The Labute approximate surface area is 398 Å². The molecule has 0 aliphatic heterocycles. The molecule has 0 bridgehead atoms. The third kappa shape index (κ3) is 50.9. The maximum absolute atomic E-state index is 12.8. The van der Waals surface area contributed by atoms with Crippen LogP contribution < -0.4 is 0 Å². The largest absolute Gasteiger partial charge is 0.462 e. The Morgan fingerprint density at radius 2 is 0.531 bits per heavy atom. The molecule has 0 radical (unpaired) electrons. The minimum atomic E-state index is -0.779. The molecule has 0 aliphatic rings. The summed E-state index contributed by atoms with van der Waals surface area (Å²) in [6.45, 7) is 6.62. The first-order chi connectivity index (χ1) is 31.5. The number of unbranched alkanes of at least 4 members (excludes halogenated alkanes) is 37. The van der Waals surface area contributed by atoms with Crippen LogP contribution in [0.3, 0.4) is 0 Å². The Morgan fingerprint density at radius 1 is 0.297 bits per heavy atom. The van der Waals surface area contributed by atoms with Crippen LogP contribution in [-0.2, 0) is 28.6 Å². The van der Waals surface area contributed by atoms with Crippen molar-refractivity contribution < 1.29 is 28.6 Å². The zero-order valence-corrected chi connectivity index (χ0v) is 43.1. The first kappa shape index (κ1) is 61.9. The number of carbonyl (C=O) groups excluding carboxylic acids is 3. The van der Waals surface area contributed by atoms with Gasteiger partial charge >= 0.3 is 17.9 Å². The van der Waals surface area contributed by atoms with E-state index in [9.17, 15) is 14.4 Å². The summed E-state index contributed by atoms with van der Waals surface area (Å²) in [7, 11) is 0. The molecule has 0 rings (SSSR count). The van der Waals surface area contributed by atoms with Crippen molar-refractivity contribution in [1.29, 1.82) is 0 Å². The van der Waals surface area contributed by atoms with Crippen LogP contribution in [0.2, 0.25) is 0 Å². The van der Waals surface area contributed by atoms with Gasteiger partial charge in [0, 0.05) is 19.3 Å². The summed E-state index contributed by atoms with van der Waals surface area (Å²) in [6, 6.07) is 0. The molecule has 6 heteroatoms. The molecule has 0 N–H and O–H groups in total. The van der Waals surface area contributed by atoms with Gasteiger partial charge < -0.3 is 14.2 Å². The molecule has 0 aromatic heterocycles. The highest BCUT2D eigenvalue weighted by molar-refractivity contribution is 5.71. The van der Waals surface area contributed by atoms with E-state index in [1.807, 2.05) is 0 Å². The quantitative estimate of drug-likeness (QED) is 0.0262. The van der Waals surface area contributed by atoms with E-state index in [-0.39, 0.29) is 31.1 Å². The van der Waals surface area contributed by atoms with Gasteiger partial charge in [0.15, 0.2) is 6.10 Å². The van der Waals surface area contributed by atoms with Crippen LogP contribution in [0.15, 0.2) is 24.3 Å². The second kappa shape index (κ2) is 53.5. The van der Waals surface area contributed by atoms with E-state index in [1.165, 1.54) is 212 Å². The molecule has 0 saturated heterocycles. The maximum atomic E-state index is 12.8. The summed E-state index contributed by atoms with van der Waals surface area (Å²) in [5.74, 6) is -0.902. The molecular weight excluding hydrogens is 793 g/mol. The fraction of sp³-hybridized carbons (Fsp3) is 0.879. The van der Waals surface area contributed by atoms with E-state index in [0.29, 0.717) is 19.3 Å². The molecule has 376 valence electrons. The molecule has 64 heavy (non-hydrogen) atoms. The Balaban J connectivity index is 4.25. The van der Waals surface area contributed by atoms with Gasteiger partial charge in [-0.05, 0) is 64.2 Å². The van der Waals surface area contributed by atoms with Gasteiger partial charge in [0.05, 0.1) is 0 Å². The predicted octanol–water partition coefficient (Wildman–Crippen LogP) is 18.7. The van der Waals surface area contributed by atoms with Crippen LogP contribution in [0.25, 0.3) is 0 Å². The van der Waals surface area contributed by atoms with Crippen molar-refractivity contribution in [3.8, 4) is 0 Å². The summed E-state index contributed by atoms with van der Waals surface area (Å²) in [5.41, 5.74) is 0. The Kier molecular flexibility index (Phi) is 51.7. The Morgan fingerprint density at radius 3 is 0.859 bits per heavy atom. The number of carbonyl (C=O) groups is 3. The lowest BCUT2D eigenvalue weighted by atomic mass is 10.0. The average molecular weight is 901 g/mol. The Hall–Kier alpha value is -2.11. The van der Waals surface area contributed by atoms with Gasteiger partial charge in [0.25, 0.3) is 0 Å². The molecule has 0 spiro atoms. The van der Waals surface area contributed by atoms with Gasteiger partial charge in [-0.15, -0.1) is 0 Å². The highest BCUT2D eigenvalue weighted by atomic mass is 16.6. The zero-order chi connectivity index (χ0) is 46.5. The molecule has 0 amide bonds. The van der Waals surface area contributed by atoms with E-state index in [4.69, 9.17) is 14.2 Å². The van der Waals surface area contributed by atoms with Crippen LogP contribution >= 0.6 is 0 Å². The molecule has 1 atom stereocenters. The minimum Gasteiger partial charge on any atom is -0.462 e. The van der Waals surface area contributed by atoms with Crippen molar-refractivity contribution in [2.45, 2.75) is 316 Å². The van der Waals surface area contributed by atoms with Gasteiger partial charge in [-0.1, -0.05) is 251 Å². The van der Waals surface area contributed by atoms with Crippen molar-refractivity contribution >= 4 is 17.9 Å². The van der Waals surface area contributed by atoms with Crippen molar-refractivity contribution in [1.82, 2.24) is 0 Å². The number of ether oxygens (including phenoxy) is 3. The third-order valence-electron chi connectivity index (χ3n) is 12.7. The number of allylic oxidation sites excluding steroid dienone is 4. The highest BCUT2D eigenvalue weighted by Crippen LogP contribution is 2.17. The van der Waals surface area contributed by atoms with Crippen molar-refractivity contribution in [2.24, 2.45) is 0 Å². The normalized spacial score (nSPS) is 12.1. The van der Waals surface area contributed by atoms with E-state index < -0.39 is 6.10 Å². The van der Waals surface area contributed by atoms with Crippen LogP contribution in [0.5, 0.6) is 0 Å². The summed E-state index contributed by atoms with van der Waals surface area (Å²) in [4.78, 5) is 38.0. The van der Waals surface area contributed by atoms with Gasteiger partial charge in [-0.3, -0.25) is 14.4 Å². The fourth-order valence-electron chi connectivity index (χ4n) is 8.38. The molecule has 0 aromatic rings. The van der Waals surface area contributed by atoms with Gasteiger partial charge in [-0.25, -0.2) is 0 Å². The first-order valence-corrected chi connectivity index (χ1v) is 28.3. The fourth-order valence-corrected chi connectivity index (χ4v) is 8.38. The van der Waals surface area contributed by atoms with Crippen molar-refractivity contribution in [2.75, 3.05) is 13.2 Å². The summed E-state index contributed by atoms with van der Waals surface area (Å²) in [5, 5.41) is 0. The lowest BCUT2D eigenvalue weighted by Gasteiger charge is -2.18. The molecule has 0 aromatic carbocycles. The number of hydrogen-bond acceptors (Lipinski definition) is 6. The van der Waals surface area contributed by atoms with Crippen LogP contribution in [0.4, 0.5) is 0 Å². The van der Waals surface area contributed by atoms with E-state index in [0.717, 1.165) is 57.8 Å². The maximum Gasteiger partial charge on any atom is 0.306 e. The van der Waals surface area contributed by atoms with E-state index in [1.54, 1.807) is 0 Å². The zero-order valence-electron chi connectivity index (χ0n) is 43.1. The molecule has 1 unspecified atom stereocenters. The second-order valence-corrected chi connectivity index (χ2v) is 19.2. The minimum absolute atomic E-state index is 0.0781. The SMILES string of the molecule is CCCCCC/C=C\CCCC(=O)OCC(COC(=O)CCCCCCCCC/C=C\CCCCCCCCCC)OC(=O)CCCCCCCCCCCCCCCCCCCC. The molecule has 0 saturated carbocycles. The lowest BCUT2D eigenvalue weighted by Crippen LogP contribution is -2.30. The van der Waals surface area contributed by atoms with Crippen molar-refractivity contribution in [3.05, 3.63) is 24.3 Å².